The molecule has 0 fully saturated rings. The molecule has 1 aromatic rings. The number of hydrogen-bond acceptors (Lipinski definition) is 0. The molecule has 1 aromatic carbocycles. The van der Waals surface area contributed by atoms with Gasteiger partial charge in [0.15, 0.2) is 0 Å². The van der Waals surface area contributed by atoms with Gasteiger partial charge in [-0.3, -0.25) is 0 Å². The quantitative estimate of drug-likeness (QED) is 0.641. The molecule has 1 aliphatic carbocycles. The summed E-state index contributed by atoms with van der Waals surface area (Å²) in [6.07, 6.45) is 2.87. The molecular formula is C10H10F3Ti. The fourth-order valence-corrected chi connectivity index (χ4v) is 4.03. The minimum atomic E-state index is -6.70. The maximum atomic E-state index is 13.3. The van der Waals surface area contributed by atoms with Crippen molar-refractivity contribution < 1.29 is 26.2 Å². The maximum absolute atomic E-state index is 13.3. The van der Waals surface area contributed by atoms with Crippen LogP contribution in [0.3, 0.4) is 0 Å². The van der Waals surface area contributed by atoms with Crippen LogP contribution >= 0.6 is 0 Å². The second-order valence-corrected chi connectivity index (χ2v) is 9.20. The van der Waals surface area contributed by atoms with Crippen LogP contribution in [0.5, 0.6) is 0 Å². The topological polar surface area (TPSA) is 0 Å². The Balaban J connectivity index is 2.51. The molecule has 0 saturated heterocycles. The van der Waals surface area contributed by atoms with E-state index in [1.54, 1.807) is 30.3 Å². The zero-order valence-electron chi connectivity index (χ0n) is 7.68. The molecular weight excluding hydrogens is 225 g/mol. The third-order valence-corrected chi connectivity index (χ3v) is 5.32. The van der Waals surface area contributed by atoms with Crippen molar-refractivity contribution in [3.63, 3.8) is 0 Å². The van der Waals surface area contributed by atoms with Crippen LogP contribution in [0.4, 0.5) is 9.28 Å². The van der Waals surface area contributed by atoms with Crippen LogP contribution in [0.25, 0.3) is 6.08 Å². The fourth-order valence-electron chi connectivity index (χ4n) is 1.79. The average Bonchev–Trinajstić information content (AvgIpc) is 2.44. The Morgan fingerprint density at radius 3 is 2.43 bits per heavy atom. The number of fused-ring (bicyclic) bond motifs is 1. The molecule has 0 nitrogen and oxygen atoms in total. The van der Waals surface area contributed by atoms with E-state index in [0.717, 1.165) is 0 Å². The summed E-state index contributed by atoms with van der Waals surface area (Å²) in [6, 6.07) is 6.73. The van der Waals surface area contributed by atoms with Gasteiger partial charge < -0.3 is 0 Å². The van der Waals surface area contributed by atoms with E-state index in [2.05, 4.69) is 0 Å². The second kappa shape index (κ2) is 2.74. The van der Waals surface area contributed by atoms with Gasteiger partial charge in [0.1, 0.15) is 0 Å². The summed E-state index contributed by atoms with van der Waals surface area (Å²) in [5.74, 6) is 0. The average molecular weight is 235 g/mol. The van der Waals surface area contributed by atoms with E-state index in [-0.39, 0.29) is 0 Å². The number of hydrogen-bond donors (Lipinski definition) is 0. The van der Waals surface area contributed by atoms with Gasteiger partial charge in [0, 0.05) is 0 Å². The zero-order chi connectivity index (χ0) is 10.4. The fraction of sp³-hybridized carbons (Fsp3) is 0.200. The first kappa shape index (κ1) is 10.00. The van der Waals surface area contributed by atoms with E-state index in [1.165, 1.54) is 6.08 Å². The summed E-state index contributed by atoms with van der Waals surface area (Å²) in [6.45, 7) is 0. The molecule has 1 aliphatic rings. The molecule has 0 saturated carbocycles. The Kier molecular flexibility index (Phi) is 1.95. The van der Waals surface area contributed by atoms with Crippen molar-refractivity contribution in [2.24, 2.45) is 0 Å². The predicted molar refractivity (Wildman–Crippen MR) is 47.4 cm³/mol. The van der Waals surface area contributed by atoms with Crippen molar-refractivity contribution in [1.29, 1.82) is 0 Å². The number of allylic oxidation sites excluding steroid dienone is 1. The van der Waals surface area contributed by atoms with Crippen LogP contribution in [-0.4, -0.2) is 0 Å². The van der Waals surface area contributed by atoms with Gasteiger partial charge in [0.2, 0.25) is 0 Å². The van der Waals surface area contributed by atoms with Gasteiger partial charge in [-0.05, 0) is 0 Å². The second-order valence-electron chi connectivity index (χ2n) is 3.86. The van der Waals surface area contributed by atoms with Gasteiger partial charge in [-0.25, -0.2) is 0 Å². The number of rotatable bonds is 1. The Morgan fingerprint density at radius 1 is 1.14 bits per heavy atom. The zero-order valence-corrected chi connectivity index (χ0v) is 9.24. The van der Waals surface area contributed by atoms with Crippen molar-refractivity contribution in [2.45, 2.75) is 9.45 Å². The predicted octanol–water partition coefficient (Wildman–Crippen LogP) is 4.15. The van der Waals surface area contributed by atoms with E-state index in [9.17, 15) is 9.28 Å². The summed E-state index contributed by atoms with van der Waals surface area (Å²) < 4.78 is 38.5. The third-order valence-electron chi connectivity index (χ3n) is 2.46. The van der Waals surface area contributed by atoms with Gasteiger partial charge in [0.05, 0.1) is 0 Å². The van der Waals surface area contributed by atoms with Crippen molar-refractivity contribution in [2.75, 3.05) is 0 Å². The van der Waals surface area contributed by atoms with E-state index >= 15 is 0 Å². The van der Waals surface area contributed by atoms with Crippen LogP contribution in [0.1, 0.15) is 15.3 Å². The van der Waals surface area contributed by atoms with Crippen molar-refractivity contribution in [1.82, 2.24) is 0 Å². The normalized spacial score (nSPS) is 22.9. The number of benzene rings is 1. The molecule has 0 radical (unpaired) electrons. The summed E-state index contributed by atoms with van der Waals surface area (Å²) in [5, 5.41) is 0.508. The van der Waals surface area contributed by atoms with Gasteiger partial charge in [-0.15, -0.1) is 0 Å². The van der Waals surface area contributed by atoms with E-state index < -0.39 is 21.1 Å². The molecule has 1 atom stereocenters. The van der Waals surface area contributed by atoms with E-state index in [0.29, 0.717) is 16.4 Å². The molecule has 0 aromatic heterocycles. The van der Waals surface area contributed by atoms with Gasteiger partial charge >= 0.3 is 83.2 Å². The van der Waals surface area contributed by atoms with Crippen molar-refractivity contribution >= 4 is 6.08 Å². The first-order valence-electron chi connectivity index (χ1n) is 4.43. The van der Waals surface area contributed by atoms with Crippen molar-refractivity contribution in [3.05, 3.63) is 41.5 Å². The SMILES string of the molecule is [CH3][Ti]([F])([F])([F])[CH]1C=Cc2ccccc21. The summed E-state index contributed by atoms with van der Waals surface area (Å²) in [4.78, 5) is 0. The molecule has 75 valence electrons. The van der Waals surface area contributed by atoms with Gasteiger partial charge in [0.25, 0.3) is 0 Å². The Bertz CT molecular complexity index is 394. The molecule has 0 amide bonds. The monoisotopic (exact) mass is 235 g/mol. The number of halogens is 3. The van der Waals surface area contributed by atoms with E-state index in [1.807, 2.05) is 0 Å². The van der Waals surface area contributed by atoms with Gasteiger partial charge in [-0.1, -0.05) is 0 Å². The molecule has 2 rings (SSSR count). The Labute approximate surface area is 83.4 Å². The molecule has 0 spiro atoms. The molecule has 14 heavy (non-hydrogen) atoms. The first-order chi connectivity index (χ1) is 6.35. The van der Waals surface area contributed by atoms with Crippen LogP contribution in [-0.2, 0) is 16.9 Å². The van der Waals surface area contributed by atoms with Gasteiger partial charge in [-0.2, -0.15) is 0 Å². The molecule has 1 unspecified atom stereocenters. The van der Waals surface area contributed by atoms with Crippen LogP contribution < -0.4 is 0 Å². The molecule has 0 aliphatic heterocycles. The Hall–Kier alpha value is -0.536. The molecule has 0 heterocycles. The van der Waals surface area contributed by atoms with Crippen molar-refractivity contribution in [3.8, 4) is 0 Å². The Morgan fingerprint density at radius 2 is 1.79 bits per heavy atom. The van der Waals surface area contributed by atoms with Crippen LogP contribution in [0.15, 0.2) is 30.3 Å². The van der Waals surface area contributed by atoms with Crippen LogP contribution in [0, 0.1) is 0 Å². The summed E-state index contributed by atoms with van der Waals surface area (Å²) in [5.41, 5.74) is 1.14. The van der Waals surface area contributed by atoms with Crippen LogP contribution in [0.2, 0.25) is 5.23 Å². The first-order valence-corrected chi connectivity index (χ1v) is 8.66. The molecule has 0 N–H and O–H groups in total. The minimum absolute atomic E-state index is 0.430. The summed E-state index contributed by atoms with van der Waals surface area (Å²) >= 11 is -6.70. The summed E-state index contributed by atoms with van der Waals surface area (Å²) in [7, 11) is 0. The standard InChI is InChI=1S/C9H7.CH3.3FH.Ti/c1-2-5-9-7-3-6-8(9)4-1;;;;;/h1-7H;1H3;3*1H;/q;;;;;+3/p-3. The third kappa shape index (κ3) is 1.66. The van der Waals surface area contributed by atoms with E-state index in [4.69, 9.17) is 0 Å². The molecule has 0 bridgehead atoms. The molecule has 4 heteroatoms.